The molecule has 0 bridgehead atoms. The number of aromatic carboxylic acids is 1. The second-order valence-electron chi connectivity index (χ2n) is 3.87. The fourth-order valence-corrected chi connectivity index (χ4v) is 1.72. The van der Waals surface area contributed by atoms with Crippen molar-refractivity contribution in [3.05, 3.63) is 46.0 Å². The van der Waals surface area contributed by atoms with E-state index in [0.29, 0.717) is 13.2 Å². The predicted molar refractivity (Wildman–Crippen MR) is 70.2 cm³/mol. The van der Waals surface area contributed by atoms with E-state index >= 15 is 0 Å². The first-order valence-electron chi connectivity index (χ1n) is 5.24. The number of hydrogen-bond acceptors (Lipinski definition) is 2. The highest BCUT2D eigenvalue weighted by Gasteiger charge is 2.06. The quantitative estimate of drug-likeness (QED) is 0.644. The van der Waals surface area contributed by atoms with Crippen LogP contribution in [0.25, 0.3) is 0 Å². The second kappa shape index (κ2) is 6.57. The van der Waals surface area contributed by atoms with Gasteiger partial charge in [0, 0.05) is 4.47 Å². The monoisotopic (exact) mass is 298 g/mol. The van der Waals surface area contributed by atoms with Gasteiger partial charge in [-0.05, 0) is 31.0 Å². The summed E-state index contributed by atoms with van der Waals surface area (Å²) in [5.41, 5.74) is 2.30. The van der Waals surface area contributed by atoms with Gasteiger partial charge in [-0.3, -0.25) is 0 Å². The minimum absolute atomic E-state index is 0.266. The van der Waals surface area contributed by atoms with Gasteiger partial charge in [0.05, 0.1) is 18.8 Å². The number of carboxylic acids is 1. The maximum Gasteiger partial charge on any atom is 0.335 e. The van der Waals surface area contributed by atoms with Crippen molar-refractivity contribution in [2.24, 2.45) is 0 Å². The van der Waals surface area contributed by atoms with Crippen molar-refractivity contribution in [1.82, 2.24) is 0 Å². The van der Waals surface area contributed by atoms with Gasteiger partial charge in [0.15, 0.2) is 0 Å². The van der Waals surface area contributed by atoms with Gasteiger partial charge in [-0.2, -0.15) is 0 Å². The van der Waals surface area contributed by atoms with Crippen molar-refractivity contribution < 1.29 is 14.6 Å². The lowest BCUT2D eigenvalue weighted by molar-refractivity contribution is 0.0696. The van der Waals surface area contributed by atoms with Crippen molar-refractivity contribution in [2.75, 3.05) is 6.61 Å². The molecule has 0 aromatic heterocycles. The zero-order chi connectivity index (χ0) is 12.8. The van der Waals surface area contributed by atoms with Gasteiger partial charge in [-0.1, -0.05) is 27.6 Å². The molecule has 0 radical (unpaired) electrons. The summed E-state index contributed by atoms with van der Waals surface area (Å²) in [4.78, 5) is 10.7. The maximum atomic E-state index is 10.7. The molecule has 0 spiro atoms. The summed E-state index contributed by atoms with van der Waals surface area (Å²) in [6, 6.07) is 4.92. The van der Waals surface area contributed by atoms with Crippen LogP contribution in [0.15, 0.2) is 34.8 Å². The number of hydrogen-bond donors (Lipinski definition) is 1. The Kier molecular flexibility index (Phi) is 5.38. The lowest BCUT2D eigenvalue weighted by atomic mass is 10.1. The van der Waals surface area contributed by atoms with Crippen molar-refractivity contribution in [3.63, 3.8) is 0 Å². The molecule has 1 rings (SSSR count). The Morgan fingerprint density at radius 1 is 1.53 bits per heavy atom. The molecule has 3 nitrogen and oxygen atoms in total. The molecule has 0 unspecified atom stereocenters. The highest BCUT2D eigenvalue weighted by atomic mass is 79.9. The SMILES string of the molecule is C=C(C)CCOCc1ccc(C(=O)O)cc1Br. The number of benzene rings is 1. The van der Waals surface area contributed by atoms with Gasteiger partial charge in [-0.25, -0.2) is 4.79 Å². The Labute approximate surface area is 109 Å². The summed E-state index contributed by atoms with van der Waals surface area (Å²) >= 11 is 3.34. The van der Waals surface area contributed by atoms with Gasteiger partial charge in [0.25, 0.3) is 0 Å². The zero-order valence-corrected chi connectivity index (χ0v) is 11.3. The third-order valence-electron chi connectivity index (χ3n) is 2.23. The van der Waals surface area contributed by atoms with Crippen LogP contribution in [0.3, 0.4) is 0 Å². The van der Waals surface area contributed by atoms with Crippen molar-refractivity contribution in [2.45, 2.75) is 20.0 Å². The Bertz CT molecular complexity index is 427. The van der Waals surface area contributed by atoms with E-state index in [-0.39, 0.29) is 5.56 Å². The van der Waals surface area contributed by atoms with Gasteiger partial charge in [-0.15, -0.1) is 6.58 Å². The average Bonchev–Trinajstić information content (AvgIpc) is 2.25. The summed E-state index contributed by atoms with van der Waals surface area (Å²) in [7, 11) is 0. The lowest BCUT2D eigenvalue weighted by Crippen LogP contribution is -2.00. The van der Waals surface area contributed by atoms with Gasteiger partial charge in [0.2, 0.25) is 0 Å². The standard InChI is InChI=1S/C13H15BrO3/c1-9(2)5-6-17-8-11-4-3-10(13(15)16)7-12(11)14/h3-4,7H,1,5-6,8H2,2H3,(H,15,16). The van der Waals surface area contributed by atoms with E-state index in [1.165, 1.54) is 0 Å². The van der Waals surface area contributed by atoms with Crippen molar-refractivity contribution >= 4 is 21.9 Å². The van der Waals surface area contributed by atoms with E-state index in [2.05, 4.69) is 22.5 Å². The van der Waals surface area contributed by atoms with E-state index in [9.17, 15) is 4.79 Å². The van der Waals surface area contributed by atoms with Crippen LogP contribution in [-0.4, -0.2) is 17.7 Å². The molecular weight excluding hydrogens is 284 g/mol. The third kappa shape index (κ3) is 4.71. The molecule has 0 fully saturated rings. The summed E-state index contributed by atoms with van der Waals surface area (Å²) in [6.45, 7) is 6.85. The Morgan fingerprint density at radius 3 is 2.76 bits per heavy atom. The van der Waals surface area contributed by atoms with E-state index in [0.717, 1.165) is 22.0 Å². The van der Waals surface area contributed by atoms with Gasteiger partial charge >= 0.3 is 5.97 Å². The van der Waals surface area contributed by atoms with Crippen LogP contribution in [0.1, 0.15) is 29.3 Å². The lowest BCUT2D eigenvalue weighted by Gasteiger charge is -2.07. The van der Waals surface area contributed by atoms with Crippen LogP contribution in [-0.2, 0) is 11.3 Å². The molecule has 0 atom stereocenters. The predicted octanol–water partition coefficient (Wildman–Crippen LogP) is 3.63. The van der Waals surface area contributed by atoms with E-state index < -0.39 is 5.97 Å². The van der Waals surface area contributed by atoms with E-state index in [4.69, 9.17) is 9.84 Å². The Hall–Kier alpha value is -1.13. The first-order valence-corrected chi connectivity index (χ1v) is 6.04. The third-order valence-corrected chi connectivity index (χ3v) is 2.97. The first kappa shape index (κ1) is 13.9. The summed E-state index contributed by atoms with van der Waals surface area (Å²) in [6.07, 6.45) is 0.838. The molecule has 0 saturated heterocycles. The summed E-state index contributed by atoms with van der Waals surface area (Å²) in [5.74, 6) is -0.930. The largest absolute Gasteiger partial charge is 0.478 e. The zero-order valence-electron chi connectivity index (χ0n) is 9.70. The molecule has 0 aliphatic heterocycles. The van der Waals surface area contributed by atoms with Crippen LogP contribution < -0.4 is 0 Å². The van der Waals surface area contributed by atoms with E-state index in [1.807, 2.05) is 6.92 Å². The number of carboxylic acid groups (broad SMARTS) is 1. The van der Waals surface area contributed by atoms with Crippen molar-refractivity contribution in [3.8, 4) is 0 Å². The van der Waals surface area contributed by atoms with Crippen LogP contribution in [0.4, 0.5) is 0 Å². The molecule has 0 aliphatic rings. The van der Waals surface area contributed by atoms with Crippen LogP contribution in [0, 0.1) is 0 Å². The Morgan fingerprint density at radius 2 is 2.24 bits per heavy atom. The molecule has 0 saturated carbocycles. The number of halogens is 1. The maximum absolute atomic E-state index is 10.7. The van der Waals surface area contributed by atoms with Gasteiger partial charge in [0.1, 0.15) is 0 Å². The molecule has 4 heteroatoms. The van der Waals surface area contributed by atoms with Crippen molar-refractivity contribution in [1.29, 1.82) is 0 Å². The number of rotatable bonds is 6. The Balaban J connectivity index is 2.54. The second-order valence-corrected chi connectivity index (χ2v) is 4.73. The van der Waals surface area contributed by atoms with Crippen LogP contribution in [0.2, 0.25) is 0 Å². The summed E-state index contributed by atoms with van der Waals surface area (Å²) < 4.78 is 6.23. The van der Waals surface area contributed by atoms with Crippen LogP contribution in [0.5, 0.6) is 0 Å². The molecule has 1 N–H and O–H groups in total. The molecule has 1 aromatic carbocycles. The summed E-state index contributed by atoms with van der Waals surface area (Å²) in [5, 5.41) is 8.81. The first-order chi connectivity index (χ1) is 8.00. The minimum Gasteiger partial charge on any atom is -0.478 e. The highest BCUT2D eigenvalue weighted by molar-refractivity contribution is 9.10. The topological polar surface area (TPSA) is 46.5 Å². The highest BCUT2D eigenvalue weighted by Crippen LogP contribution is 2.19. The molecule has 0 amide bonds. The molecule has 0 heterocycles. The number of carbonyl (C=O) groups is 1. The molecular formula is C13H15BrO3. The van der Waals surface area contributed by atoms with E-state index in [1.54, 1.807) is 18.2 Å². The number of ether oxygens (including phenoxy) is 1. The smallest absolute Gasteiger partial charge is 0.335 e. The van der Waals surface area contributed by atoms with Gasteiger partial charge < -0.3 is 9.84 Å². The molecule has 1 aromatic rings. The molecule has 0 aliphatic carbocycles. The normalized spacial score (nSPS) is 10.2. The fourth-order valence-electron chi connectivity index (χ4n) is 1.23. The minimum atomic E-state index is -0.930. The van der Waals surface area contributed by atoms with Crippen LogP contribution >= 0.6 is 15.9 Å². The average molecular weight is 299 g/mol. The fraction of sp³-hybridized carbons (Fsp3) is 0.308. The molecule has 92 valence electrons. The molecule has 17 heavy (non-hydrogen) atoms.